The summed E-state index contributed by atoms with van der Waals surface area (Å²) in [5, 5.41) is 10.4. The van der Waals surface area contributed by atoms with Crippen LogP contribution >= 0.6 is 11.3 Å². The lowest BCUT2D eigenvalue weighted by Crippen LogP contribution is -2.50. The van der Waals surface area contributed by atoms with Gasteiger partial charge in [-0.1, -0.05) is 0 Å². The number of carbonyl (C=O) groups is 1. The Morgan fingerprint density at radius 1 is 1.35 bits per heavy atom. The fraction of sp³-hybridized carbons (Fsp3) is 0.375. The van der Waals surface area contributed by atoms with Crippen molar-refractivity contribution < 1.29 is 19.0 Å². The molecule has 122 valence electrons. The Morgan fingerprint density at radius 3 is 2.61 bits per heavy atom. The van der Waals surface area contributed by atoms with E-state index >= 15 is 0 Å². The average Bonchev–Trinajstić information content (AvgIpc) is 2.48. The number of halogens is 1. The zero-order valence-corrected chi connectivity index (χ0v) is 13.5. The Hall–Kier alpha value is -1.99. The van der Waals surface area contributed by atoms with Crippen molar-refractivity contribution in [3.63, 3.8) is 0 Å². The Bertz CT molecular complexity index is 825. The van der Waals surface area contributed by atoms with Crippen LogP contribution in [0.15, 0.2) is 22.3 Å². The van der Waals surface area contributed by atoms with Crippen LogP contribution in [0, 0.1) is 5.82 Å². The lowest BCUT2D eigenvalue weighted by Gasteiger charge is -2.40. The van der Waals surface area contributed by atoms with E-state index in [1.807, 2.05) is 18.7 Å². The van der Waals surface area contributed by atoms with Gasteiger partial charge in [0.05, 0.1) is 31.0 Å². The number of hydrogen-bond donors (Lipinski definition) is 1. The number of morpholine rings is 1. The third-order valence-corrected chi connectivity index (χ3v) is 4.96. The highest BCUT2D eigenvalue weighted by atomic mass is 32.1. The molecule has 1 saturated heterocycles. The van der Waals surface area contributed by atoms with Gasteiger partial charge in [-0.3, -0.25) is 4.79 Å². The van der Waals surface area contributed by atoms with E-state index in [-0.39, 0.29) is 23.0 Å². The van der Waals surface area contributed by atoms with Gasteiger partial charge in [-0.15, -0.1) is 11.3 Å². The number of carboxylic acid groups (broad SMARTS) is 1. The topological polar surface area (TPSA) is 66.8 Å². The number of carboxylic acids is 1. The van der Waals surface area contributed by atoms with Crippen LogP contribution in [-0.4, -0.2) is 36.4 Å². The first-order chi connectivity index (χ1) is 10.9. The molecule has 0 spiro atoms. The third kappa shape index (κ3) is 2.70. The average molecular weight is 337 g/mol. The minimum atomic E-state index is -1.30. The molecule has 0 saturated carbocycles. The number of rotatable bonds is 2. The van der Waals surface area contributed by atoms with Crippen molar-refractivity contribution in [3.05, 3.63) is 39.1 Å². The standard InChI is InChI=1S/C16H16FNO4S/c1-8-5-22-6-9(2)18(8)13-4-14-10(3-12(13)17)15(19)11(7-23-14)16(20)21/h3-4,7-9H,5-6H2,1-2H3,(H,20,21). The Morgan fingerprint density at radius 2 is 2.00 bits per heavy atom. The van der Waals surface area contributed by atoms with E-state index in [1.54, 1.807) is 6.07 Å². The van der Waals surface area contributed by atoms with Gasteiger partial charge in [-0.2, -0.15) is 0 Å². The van der Waals surface area contributed by atoms with Crippen molar-refractivity contribution >= 4 is 33.1 Å². The lowest BCUT2D eigenvalue weighted by molar-refractivity contribution is 0.0696. The lowest BCUT2D eigenvalue weighted by atomic mass is 10.1. The Kier molecular flexibility index (Phi) is 4.08. The monoisotopic (exact) mass is 337 g/mol. The molecule has 1 N–H and O–H groups in total. The number of fused-ring (bicyclic) bond motifs is 1. The second-order valence-corrected chi connectivity index (χ2v) is 6.64. The van der Waals surface area contributed by atoms with Gasteiger partial charge < -0.3 is 14.7 Å². The van der Waals surface area contributed by atoms with E-state index in [9.17, 15) is 14.0 Å². The molecule has 2 heterocycles. The normalized spacial score (nSPS) is 21.6. The van der Waals surface area contributed by atoms with Gasteiger partial charge in [0.2, 0.25) is 5.43 Å². The molecule has 1 aliphatic heterocycles. The molecule has 0 amide bonds. The highest BCUT2D eigenvalue weighted by Gasteiger charge is 2.28. The molecular weight excluding hydrogens is 321 g/mol. The molecule has 5 nitrogen and oxygen atoms in total. The van der Waals surface area contributed by atoms with Gasteiger partial charge in [0.1, 0.15) is 11.4 Å². The van der Waals surface area contributed by atoms with E-state index in [1.165, 1.54) is 5.38 Å². The summed E-state index contributed by atoms with van der Waals surface area (Å²) in [5.41, 5.74) is -0.568. The first kappa shape index (κ1) is 15.9. The molecule has 1 aliphatic rings. The van der Waals surface area contributed by atoms with Gasteiger partial charge in [0.25, 0.3) is 0 Å². The van der Waals surface area contributed by atoms with Crippen molar-refractivity contribution in [1.29, 1.82) is 0 Å². The Labute approximate surface area is 135 Å². The predicted molar refractivity (Wildman–Crippen MR) is 87.2 cm³/mol. The second-order valence-electron chi connectivity index (χ2n) is 5.73. The van der Waals surface area contributed by atoms with Crippen LogP contribution in [0.5, 0.6) is 0 Å². The number of ether oxygens (including phenoxy) is 1. The molecular formula is C16H16FNO4S. The molecule has 2 unspecified atom stereocenters. The van der Waals surface area contributed by atoms with Gasteiger partial charge in [-0.05, 0) is 26.0 Å². The molecule has 0 bridgehead atoms. The van der Waals surface area contributed by atoms with E-state index in [2.05, 4.69) is 0 Å². The highest BCUT2D eigenvalue weighted by Crippen LogP contribution is 2.31. The van der Waals surface area contributed by atoms with Crippen LogP contribution in [0.1, 0.15) is 24.2 Å². The molecule has 3 rings (SSSR count). The zero-order chi connectivity index (χ0) is 16.7. The largest absolute Gasteiger partial charge is 0.478 e. The van der Waals surface area contributed by atoms with Crippen molar-refractivity contribution in [1.82, 2.24) is 0 Å². The van der Waals surface area contributed by atoms with Crippen molar-refractivity contribution in [3.8, 4) is 0 Å². The SMILES string of the molecule is CC1COCC(C)N1c1cc2scc(C(=O)O)c(=O)c2cc1F. The molecule has 1 fully saturated rings. The van der Waals surface area contributed by atoms with Crippen LogP contribution in [0.25, 0.3) is 10.1 Å². The molecule has 23 heavy (non-hydrogen) atoms. The van der Waals surface area contributed by atoms with Gasteiger partial charge in [0.15, 0.2) is 0 Å². The van der Waals surface area contributed by atoms with E-state index in [0.29, 0.717) is 23.6 Å². The summed E-state index contributed by atoms with van der Waals surface area (Å²) >= 11 is 1.13. The van der Waals surface area contributed by atoms with Gasteiger partial charge in [-0.25, -0.2) is 9.18 Å². The maximum Gasteiger partial charge on any atom is 0.340 e. The summed E-state index contributed by atoms with van der Waals surface area (Å²) in [5.74, 6) is -1.82. The molecule has 2 atom stereocenters. The molecule has 7 heteroatoms. The van der Waals surface area contributed by atoms with Crippen LogP contribution in [0.2, 0.25) is 0 Å². The van der Waals surface area contributed by atoms with E-state index in [0.717, 1.165) is 17.4 Å². The van der Waals surface area contributed by atoms with Crippen LogP contribution < -0.4 is 10.3 Å². The van der Waals surface area contributed by atoms with Crippen molar-refractivity contribution in [2.45, 2.75) is 25.9 Å². The number of nitrogens with zero attached hydrogens (tertiary/aromatic N) is 1. The maximum atomic E-state index is 14.6. The Balaban J connectivity index is 2.17. The predicted octanol–water partition coefficient (Wildman–Crippen LogP) is 2.71. The van der Waals surface area contributed by atoms with Crippen molar-refractivity contribution in [2.24, 2.45) is 0 Å². The minimum Gasteiger partial charge on any atom is -0.478 e. The summed E-state index contributed by atoms with van der Waals surface area (Å²) in [4.78, 5) is 25.2. The number of hydrogen-bond acceptors (Lipinski definition) is 5. The fourth-order valence-electron chi connectivity index (χ4n) is 2.96. The van der Waals surface area contributed by atoms with Crippen LogP contribution in [0.3, 0.4) is 0 Å². The van der Waals surface area contributed by atoms with Crippen molar-refractivity contribution in [2.75, 3.05) is 18.1 Å². The molecule has 0 aliphatic carbocycles. The number of aromatic carboxylic acids is 1. The summed E-state index contributed by atoms with van der Waals surface area (Å²) in [6, 6.07) is 2.80. The smallest absolute Gasteiger partial charge is 0.340 e. The molecule has 2 aromatic rings. The quantitative estimate of drug-likeness (QED) is 0.913. The summed E-state index contributed by atoms with van der Waals surface area (Å²) < 4.78 is 20.6. The highest BCUT2D eigenvalue weighted by molar-refractivity contribution is 7.16. The molecule has 0 radical (unpaired) electrons. The van der Waals surface area contributed by atoms with E-state index < -0.39 is 17.2 Å². The zero-order valence-electron chi connectivity index (χ0n) is 12.7. The maximum absolute atomic E-state index is 14.6. The fourth-order valence-corrected chi connectivity index (χ4v) is 3.87. The first-order valence-corrected chi connectivity index (χ1v) is 8.12. The van der Waals surface area contributed by atoms with Crippen LogP contribution in [-0.2, 0) is 4.74 Å². The summed E-state index contributed by atoms with van der Waals surface area (Å²) in [6.45, 7) is 4.93. The molecule has 1 aromatic carbocycles. The van der Waals surface area contributed by atoms with Gasteiger partial charge in [0, 0.05) is 15.5 Å². The van der Waals surface area contributed by atoms with Gasteiger partial charge >= 0.3 is 5.97 Å². The number of benzene rings is 1. The summed E-state index contributed by atoms with van der Waals surface area (Å²) in [7, 11) is 0. The molecule has 1 aromatic heterocycles. The summed E-state index contributed by atoms with van der Waals surface area (Å²) in [6.07, 6.45) is 0. The minimum absolute atomic E-state index is 0.0146. The second kappa shape index (κ2) is 5.90. The first-order valence-electron chi connectivity index (χ1n) is 7.24. The van der Waals surface area contributed by atoms with Crippen LogP contribution in [0.4, 0.5) is 10.1 Å². The van der Waals surface area contributed by atoms with E-state index in [4.69, 9.17) is 9.84 Å². The number of anilines is 1. The third-order valence-electron chi connectivity index (χ3n) is 4.02.